The Hall–Kier alpha value is -4.26. The van der Waals surface area contributed by atoms with Crippen molar-refractivity contribution in [1.29, 1.82) is 0 Å². The van der Waals surface area contributed by atoms with Gasteiger partial charge in [-0.2, -0.15) is 0 Å². The van der Waals surface area contributed by atoms with Gasteiger partial charge in [-0.3, -0.25) is 28.8 Å². The number of ether oxygens (including phenoxy) is 6. The number of hydrogen-bond donors (Lipinski definition) is 1. The van der Waals surface area contributed by atoms with E-state index >= 15 is 0 Å². The van der Waals surface area contributed by atoms with Gasteiger partial charge in [0.15, 0.2) is 23.8 Å². The molecule has 1 N–H and O–H groups in total. The number of fused-ring (bicyclic) bond motifs is 1. The number of hydrogen-bond acceptors (Lipinski definition) is 13. The Morgan fingerprint density at radius 3 is 2.05 bits per heavy atom. The van der Waals surface area contributed by atoms with Crippen molar-refractivity contribution in [2.24, 2.45) is 0 Å². The number of phenolic OH excluding ortho intramolecular Hbond substituents is 1. The predicted molar refractivity (Wildman–Crippen MR) is 118 cm³/mol. The van der Waals surface area contributed by atoms with Gasteiger partial charge in [-0.1, -0.05) is 6.07 Å². The Labute approximate surface area is 210 Å². The second-order valence-electron chi connectivity index (χ2n) is 8.09. The molecule has 1 aliphatic heterocycles. The number of carbonyl (C=O) groups is 6. The molecule has 0 bridgehead atoms. The minimum Gasteiger partial charge on any atom is -0.507 e. The predicted octanol–water partition coefficient (Wildman–Crippen LogP) is 0.755. The molecule has 1 aromatic rings. The molecule has 0 spiro atoms. The van der Waals surface area contributed by atoms with Crippen molar-refractivity contribution in [3.63, 3.8) is 0 Å². The van der Waals surface area contributed by atoms with Crippen molar-refractivity contribution >= 4 is 35.4 Å². The maximum Gasteiger partial charge on any atom is 0.303 e. The molecular formula is C24H24O13. The summed E-state index contributed by atoms with van der Waals surface area (Å²) in [5.41, 5.74) is -0.366. The summed E-state index contributed by atoms with van der Waals surface area (Å²) in [6, 6.07) is 3.90. The number of rotatable bonds is 7. The lowest BCUT2D eigenvalue weighted by Gasteiger charge is -2.44. The van der Waals surface area contributed by atoms with E-state index in [1.807, 2.05) is 0 Å². The van der Waals surface area contributed by atoms with Gasteiger partial charge in [0.25, 0.3) is 0 Å². The van der Waals surface area contributed by atoms with Crippen molar-refractivity contribution < 1.29 is 62.3 Å². The molecule has 13 heteroatoms. The SMILES string of the molecule is CC(=O)OC[C@@H]1O[C@@H](OC2=CC(=O)c3c(O)cccc3C2=O)[C@@H](OC(C)=O)[C@H](OC(C)=O)[C@H]1OC(C)=O. The van der Waals surface area contributed by atoms with Gasteiger partial charge in [0.05, 0.1) is 5.56 Å². The van der Waals surface area contributed by atoms with Gasteiger partial charge in [0.2, 0.25) is 18.2 Å². The quantitative estimate of drug-likeness (QED) is 0.394. The normalized spacial score (nSPS) is 24.8. The van der Waals surface area contributed by atoms with Gasteiger partial charge in [0, 0.05) is 39.3 Å². The summed E-state index contributed by atoms with van der Waals surface area (Å²) in [6.45, 7) is 3.78. The number of allylic oxidation sites excluding steroid dienone is 2. The van der Waals surface area contributed by atoms with Gasteiger partial charge < -0.3 is 33.5 Å². The molecule has 1 heterocycles. The van der Waals surface area contributed by atoms with Crippen molar-refractivity contribution in [3.05, 3.63) is 41.2 Å². The highest BCUT2D eigenvalue weighted by atomic mass is 16.7. The summed E-state index contributed by atoms with van der Waals surface area (Å²) in [6.07, 6.45) is -6.70. The smallest absolute Gasteiger partial charge is 0.303 e. The van der Waals surface area contributed by atoms with E-state index in [0.717, 1.165) is 33.8 Å². The topological polar surface area (TPSA) is 178 Å². The molecule has 1 saturated heterocycles. The lowest BCUT2D eigenvalue weighted by molar-refractivity contribution is -0.298. The zero-order valence-corrected chi connectivity index (χ0v) is 20.2. The fourth-order valence-corrected chi connectivity index (χ4v) is 3.87. The fraction of sp³-hybridized carbons (Fsp3) is 0.417. The van der Waals surface area contributed by atoms with E-state index in [9.17, 15) is 33.9 Å². The maximum absolute atomic E-state index is 13.0. The molecule has 1 aliphatic carbocycles. The Kier molecular flexibility index (Phi) is 8.28. The van der Waals surface area contributed by atoms with E-state index in [2.05, 4.69) is 0 Å². The molecule has 5 atom stereocenters. The fourth-order valence-electron chi connectivity index (χ4n) is 3.87. The highest BCUT2D eigenvalue weighted by Crippen LogP contribution is 2.34. The van der Waals surface area contributed by atoms with E-state index in [-0.39, 0.29) is 11.1 Å². The maximum atomic E-state index is 13.0. The molecule has 2 aliphatic rings. The van der Waals surface area contributed by atoms with Gasteiger partial charge in [-0.15, -0.1) is 0 Å². The van der Waals surface area contributed by atoms with E-state index in [4.69, 9.17) is 28.4 Å². The average Bonchev–Trinajstić information content (AvgIpc) is 2.78. The summed E-state index contributed by atoms with van der Waals surface area (Å²) >= 11 is 0. The van der Waals surface area contributed by atoms with Crippen molar-refractivity contribution in [3.8, 4) is 5.75 Å². The van der Waals surface area contributed by atoms with Crippen LogP contribution < -0.4 is 0 Å². The molecule has 0 amide bonds. The largest absolute Gasteiger partial charge is 0.507 e. The summed E-state index contributed by atoms with van der Waals surface area (Å²) in [5.74, 6) is -5.70. The molecule has 0 saturated carbocycles. The van der Waals surface area contributed by atoms with E-state index in [0.29, 0.717) is 0 Å². The Morgan fingerprint density at radius 2 is 1.46 bits per heavy atom. The third-order valence-electron chi connectivity index (χ3n) is 5.21. The summed E-state index contributed by atoms with van der Waals surface area (Å²) < 4.78 is 32.2. The summed E-state index contributed by atoms with van der Waals surface area (Å²) in [7, 11) is 0. The molecule has 0 unspecified atom stereocenters. The van der Waals surface area contributed by atoms with Crippen LogP contribution in [-0.2, 0) is 47.6 Å². The summed E-state index contributed by atoms with van der Waals surface area (Å²) in [5, 5.41) is 10.00. The Morgan fingerprint density at radius 1 is 0.865 bits per heavy atom. The van der Waals surface area contributed by atoms with Crippen LogP contribution >= 0.6 is 0 Å². The van der Waals surface area contributed by atoms with Crippen LogP contribution in [0.25, 0.3) is 0 Å². The van der Waals surface area contributed by atoms with Crippen LogP contribution in [0, 0.1) is 0 Å². The molecular weight excluding hydrogens is 496 g/mol. The first-order valence-corrected chi connectivity index (χ1v) is 11.0. The molecule has 0 radical (unpaired) electrons. The first kappa shape index (κ1) is 27.3. The molecule has 3 rings (SSSR count). The minimum absolute atomic E-state index is 0.145. The molecule has 198 valence electrons. The van der Waals surface area contributed by atoms with Gasteiger partial charge in [-0.25, -0.2) is 0 Å². The average molecular weight is 520 g/mol. The van der Waals surface area contributed by atoms with Crippen molar-refractivity contribution in [2.45, 2.75) is 58.4 Å². The zero-order chi connectivity index (χ0) is 27.4. The van der Waals surface area contributed by atoms with Crippen molar-refractivity contribution in [2.75, 3.05) is 6.61 Å². The second kappa shape index (κ2) is 11.2. The monoisotopic (exact) mass is 520 g/mol. The van der Waals surface area contributed by atoms with Gasteiger partial charge in [0.1, 0.15) is 18.5 Å². The van der Waals surface area contributed by atoms with Crippen LogP contribution in [0.5, 0.6) is 5.75 Å². The van der Waals surface area contributed by atoms with Crippen LogP contribution in [-0.4, -0.2) is 77.9 Å². The highest BCUT2D eigenvalue weighted by molar-refractivity contribution is 6.24. The summed E-state index contributed by atoms with van der Waals surface area (Å²) in [4.78, 5) is 72.7. The minimum atomic E-state index is -1.69. The zero-order valence-electron chi connectivity index (χ0n) is 20.2. The van der Waals surface area contributed by atoms with Crippen LogP contribution in [0.2, 0.25) is 0 Å². The molecule has 0 aromatic heterocycles. The first-order chi connectivity index (χ1) is 17.4. The van der Waals surface area contributed by atoms with E-state index in [1.54, 1.807) is 0 Å². The molecule has 1 fully saturated rings. The Bertz CT molecular complexity index is 1170. The van der Waals surface area contributed by atoms with Crippen LogP contribution in [0.15, 0.2) is 30.0 Å². The number of Topliss-reactive ketones (excluding diaryl/α,β-unsaturated/α-hetero) is 1. The standard InChI is InChI=1S/C24H24O13/c1-10(25)32-9-18-21(33-11(2)26)22(34-12(3)27)23(35-13(4)28)24(37-18)36-17-8-16(30)19-14(20(17)31)6-5-7-15(19)29/h5-8,18,21-24,29H,9H2,1-4H3/t18-,21-,22+,23-,24+/m0/s1. The second-order valence-corrected chi connectivity index (χ2v) is 8.09. The first-order valence-electron chi connectivity index (χ1n) is 11.0. The third-order valence-corrected chi connectivity index (χ3v) is 5.21. The number of ketones is 2. The highest BCUT2D eigenvalue weighted by Gasteiger charge is 2.54. The number of esters is 4. The number of aromatic hydroxyl groups is 1. The Balaban J connectivity index is 2.02. The molecule has 13 nitrogen and oxygen atoms in total. The van der Waals surface area contributed by atoms with E-state index in [1.165, 1.54) is 18.2 Å². The van der Waals surface area contributed by atoms with Gasteiger partial charge >= 0.3 is 23.9 Å². The van der Waals surface area contributed by atoms with E-state index < -0.39 is 84.3 Å². The number of carbonyl (C=O) groups excluding carboxylic acids is 6. The lowest BCUT2D eigenvalue weighted by Crippen LogP contribution is -2.63. The van der Waals surface area contributed by atoms with Crippen LogP contribution in [0.4, 0.5) is 0 Å². The molecule has 1 aromatic carbocycles. The molecule has 37 heavy (non-hydrogen) atoms. The number of benzene rings is 1. The third kappa shape index (κ3) is 6.30. The van der Waals surface area contributed by atoms with Gasteiger partial charge in [-0.05, 0) is 12.1 Å². The van der Waals surface area contributed by atoms with Crippen molar-refractivity contribution in [1.82, 2.24) is 0 Å². The lowest BCUT2D eigenvalue weighted by atomic mass is 9.92. The van der Waals surface area contributed by atoms with Crippen LogP contribution in [0.1, 0.15) is 48.4 Å². The number of phenols is 1. The van der Waals surface area contributed by atoms with Crippen LogP contribution in [0.3, 0.4) is 0 Å².